The van der Waals surface area contributed by atoms with E-state index in [2.05, 4.69) is 10.3 Å². The van der Waals surface area contributed by atoms with Crippen LogP contribution in [-0.4, -0.2) is 22.9 Å². The van der Waals surface area contributed by atoms with Crippen LogP contribution in [0, 0.1) is 17.0 Å². The van der Waals surface area contributed by atoms with E-state index in [4.69, 9.17) is 16.3 Å². The van der Waals surface area contributed by atoms with Gasteiger partial charge in [-0.05, 0) is 25.1 Å². The molecule has 0 unspecified atom stereocenters. The number of nitrogens with zero attached hydrogens (tertiary/aromatic N) is 2. The Kier molecular flexibility index (Phi) is 5.21. The van der Waals surface area contributed by atoms with Crippen molar-refractivity contribution in [3.63, 3.8) is 0 Å². The molecule has 1 aromatic carbocycles. The number of rotatable bonds is 5. The van der Waals surface area contributed by atoms with Crippen LogP contribution in [0.1, 0.15) is 14.5 Å². The van der Waals surface area contributed by atoms with Crippen molar-refractivity contribution in [2.75, 3.05) is 12.4 Å². The summed E-state index contributed by atoms with van der Waals surface area (Å²) in [6, 6.07) is 6.56. The van der Waals surface area contributed by atoms with Crippen LogP contribution in [0.4, 0.5) is 10.8 Å². The molecule has 0 atom stereocenters. The van der Waals surface area contributed by atoms with Gasteiger partial charge in [0.2, 0.25) is 0 Å². The van der Waals surface area contributed by atoms with Crippen LogP contribution < -0.4 is 10.1 Å². The molecular weight excluding hydrogens is 398 g/mol. The standard InChI is InChI=1S/C16H12ClN3O4S2/c1-8-12(20(22)23)6-14(26-8)15(21)19-16-18-11(7-25-16)9-3-4-13(24-2)10(17)5-9/h3-7H,1-2H3,(H,18,19,21). The number of aryl methyl sites for hydroxylation is 1. The molecule has 3 aromatic rings. The predicted molar refractivity (Wildman–Crippen MR) is 103 cm³/mol. The highest BCUT2D eigenvalue weighted by Gasteiger charge is 2.20. The predicted octanol–water partition coefficient (Wildman–Crippen LogP) is 5.00. The Balaban J connectivity index is 1.78. The topological polar surface area (TPSA) is 94.4 Å². The molecule has 1 amide bonds. The van der Waals surface area contributed by atoms with Gasteiger partial charge in [0, 0.05) is 17.0 Å². The van der Waals surface area contributed by atoms with Gasteiger partial charge < -0.3 is 4.74 Å². The number of hydrogen-bond donors (Lipinski definition) is 1. The van der Waals surface area contributed by atoms with E-state index in [1.165, 1.54) is 24.5 Å². The maximum absolute atomic E-state index is 12.3. The van der Waals surface area contributed by atoms with Crippen molar-refractivity contribution in [3.05, 3.63) is 54.5 Å². The van der Waals surface area contributed by atoms with Crippen molar-refractivity contribution in [3.8, 4) is 17.0 Å². The smallest absolute Gasteiger partial charge is 0.283 e. The van der Waals surface area contributed by atoms with Gasteiger partial charge in [0.15, 0.2) is 5.13 Å². The van der Waals surface area contributed by atoms with Gasteiger partial charge in [-0.2, -0.15) is 0 Å². The monoisotopic (exact) mass is 409 g/mol. The van der Waals surface area contributed by atoms with Crippen LogP contribution in [-0.2, 0) is 0 Å². The number of aromatic nitrogens is 1. The second kappa shape index (κ2) is 7.40. The number of nitro groups is 1. The molecule has 0 fully saturated rings. The highest BCUT2D eigenvalue weighted by Crippen LogP contribution is 2.32. The van der Waals surface area contributed by atoms with Gasteiger partial charge in [0.1, 0.15) is 5.75 Å². The number of anilines is 1. The van der Waals surface area contributed by atoms with Crippen molar-refractivity contribution in [2.45, 2.75) is 6.92 Å². The summed E-state index contributed by atoms with van der Waals surface area (Å²) in [5.41, 5.74) is 1.38. The van der Waals surface area contributed by atoms with Crippen LogP contribution in [0.25, 0.3) is 11.3 Å². The molecule has 0 spiro atoms. The number of carbonyl (C=O) groups is 1. The van der Waals surface area contributed by atoms with Crippen molar-refractivity contribution in [1.29, 1.82) is 0 Å². The summed E-state index contributed by atoms with van der Waals surface area (Å²) in [5.74, 6) is 0.133. The minimum absolute atomic E-state index is 0.0622. The van der Waals surface area contributed by atoms with Crippen LogP contribution in [0.5, 0.6) is 5.75 Å². The third-order valence-electron chi connectivity index (χ3n) is 3.48. The van der Waals surface area contributed by atoms with Gasteiger partial charge in [-0.15, -0.1) is 22.7 Å². The summed E-state index contributed by atoms with van der Waals surface area (Å²) in [4.78, 5) is 27.8. The Morgan fingerprint density at radius 2 is 2.15 bits per heavy atom. The van der Waals surface area contributed by atoms with Gasteiger partial charge in [0.25, 0.3) is 11.6 Å². The molecule has 26 heavy (non-hydrogen) atoms. The Morgan fingerprint density at radius 1 is 1.38 bits per heavy atom. The van der Waals surface area contributed by atoms with E-state index in [9.17, 15) is 14.9 Å². The first-order valence-corrected chi connectivity index (χ1v) is 9.32. The van der Waals surface area contributed by atoms with Gasteiger partial charge in [-0.1, -0.05) is 11.6 Å². The molecule has 0 bridgehead atoms. The highest BCUT2D eigenvalue weighted by atomic mass is 35.5. The van der Waals surface area contributed by atoms with E-state index < -0.39 is 10.8 Å². The second-order valence-electron chi connectivity index (χ2n) is 5.15. The summed E-state index contributed by atoms with van der Waals surface area (Å²) in [6.07, 6.45) is 0. The van der Waals surface area contributed by atoms with E-state index >= 15 is 0 Å². The van der Waals surface area contributed by atoms with Gasteiger partial charge in [0.05, 0.1) is 32.5 Å². The Bertz CT molecular complexity index is 999. The number of amides is 1. The van der Waals surface area contributed by atoms with Gasteiger partial charge in [-0.25, -0.2) is 4.98 Å². The first kappa shape index (κ1) is 18.3. The molecule has 0 aliphatic rings. The number of hydrogen-bond acceptors (Lipinski definition) is 7. The van der Waals surface area contributed by atoms with Gasteiger partial charge >= 0.3 is 0 Å². The number of thiazole rings is 1. The fraction of sp³-hybridized carbons (Fsp3) is 0.125. The molecule has 0 aliphatic carbocycles. The van der Waals surface area contributed by atoms with Crippen LogP contribution in [0.15, 0.2) is 29.6 Å². The molecule has 0 saturated heterocycles. The third kappa shape index (κ3) is 3.69. The first-order valence-electron chi connectivity index (χ1n) is 7.24. The molecule has 134 valence electrons. The molecule has 0 saturated carbocycles. The van der Waals surface area contributed by atoms with E-state index in [0.29, 0.717) is 26.5 Å². The molecule has 10 heteroatoms. The Hall–Kier alpha value is -2.49. The average Bonchev–Trinajstić information content (AvgIpc) is 3.21. The maximum atomic E-state index is 12.3. The fourth-order valence-electron chi connectivity index (χ4n) is 2.21. The lowest BCUT2D eigenvalue weighted by Gasteiger charge is -2.04. The van der Waals surface area contributed by atoms with Crippen molar-refractivity contribution >= 4 is 51.0 Å². The molecule has 1 N–H and O–H groups in total. The van der Waals surface area contributed by atoms with E-state index in [-0.39, 0.29) is 10.6 Å². The number of methoxy groups -OCH3 is 1. The minimum Gasteiger partial charge on any atom is -0.495 e. The molecule has 0 radical (unpaired) electrons. The lowest BCUT2D eigenvalue weighted by atomic mass is 10.2. The van der Waals surface area contributed by atoms with Gasteiger partial charge in [-0.3, -0.25) is 20.2 Å². The van der Waals surface area contributed by atoms with Crippen molar-refractivity contribution in [2.24, 2.45) is 0 Å². The zero-order chi connectivity index (χ0) is 18.8. The highest BCUT2D eigenvalue weighted by molar-refractivity contribution is 7.15. The summed E-state index contributed by atoms with van der Waals surface area (Å²) in [7, 11) is 1.54. The number of benzene rings is 1. The molecule has 2 aromatic heterocycles. The van der Waals surface area contributed by atoms with Crippen LogP contribution in [0.3, 0.4) is 0 Å². The SMILES string of the molecule is COc1ccc(-c2csc(NC(=O)c3cc([N+](=O)[O-])c(C)s3)n2)cc1Cl. The molecule has 2 heterocycles. The quantitative estimate of drug-likeness (QED) is 0.472. The molecule has 0 aliphatic heterocycles. The minimum atomic E-state index is -0.502. The molecule has 7 nitrogen and oxygen atoms in total. The number of ether oxygens (including phenoxy) is 1. The number of carbonyl (C=O) groups excluding carboxylic acids is 1. The zero-order valence-electron chi connectivity index (χ0n) is 13.6. The molecule has 3 rings (SSSR count). The third-order valence-corrected chi connectivity index (χ3v) is 5.58. The van der Waals surface area contributed by atoms with Crippen molar-refractivity contribution < 1.29 is 14.5 Å². The lowest BCUT2D eigenvalue weighted by molar-refractivity contribution is -0.385. The number of nitrogens with one attached hydrogen (secondary N) is 1. The molecular formula is C16H12ClN3O4S2. The van der Waals surface area contributed by atoms with E-state index in [1.807, 2.05) is 6.07 Å². The second-order valence-corrected chi connectivity index (χ2v) is 7.67. The normalized spacial score (nSPS) is 10.6. The largest absolute Gasteiger partial charge is 0.495 e. The number of halogens is 1. The summed E-state index contributed by atoms with van der Waals surface area (Å²) in [6.45, 7) is 1.61. The van der Waals surface area contributed by atoms with Crippen molar-refractivity contribution in [1.82, 2.24) is 4.98 Å². The first-order chi connectivity index (χ1) is 12.4. The number of thiophene rings is 1. The lowest BCUT2D eigenvalue weighted by Crippen LogP contribution is -2.09. The van der Waals surface area contributed by atoms with E-state index in [1.54, 1.807) is 24.4 Å². The Morgan fingerprint density at radius 3 is 2.77 bits per heavy atom. The Labute approximate surface area is 161 Å². The summed E-state index contributed by atoms with van der Waals surface area (Å²) < 4.78 is 5.12. The van der Waals surface area contributed by atoms with E-state index in [0.717, 1.165) is 16.9 Å². The average molecular weight is 410 g/mol. The summed E-state index contributed by atoms with van der Waals surface area (Å²) in [5, 5.41) is 16.2. The zero-order valence-corrected chi connectivity index (χ0v) is 16.0. The summed E-state index contributed by atoms with van der Waals surface area (Å²) >= 11 is 8.45. The fourth-order valence-corrected chi connectivity index (χ4v) is 4.07. The van der Waals surface area contributed by atoms with Crippen LogP contribution >= 0.6 is 34.3 Å². The maximum Gasteiger partial charge on any atom is 0.283 e. The van der Waals surface area contributed by atoms with Crippen LogP contribution in [0.2, 0.25) is 5.02 Å².